The first-order valence-corrected chi connectivity index (χ1v) is 7.53. The molecule has 0 fully saturated rings. The summed E-state index contributed by atoms with van der Waals surface area (Å²) in [6.45, 7) is 6.01. The van der Waals surface area contributed by atoms with Gasteiger partial charge in [0.2, 0.25) is 0 Å². The zero-order chi connectivity index (χ0) is 17.2. The molecule has 0 aliphatic heterocycles. The average Bonchev–Trinajstić information content (AvgIpc) is 2.54. The molecule has 1 rings (SSSR count). The Morgan fingerprint density at radius 1 is 1.22 bits per heavy atom. The predicted octanol–water partition coefficient (Wildman–Crippen LogP) is 1.73. The van der Waals surface area contributed by atoms with Crippen molar-refractivity contribution in [2.24, 2.45) is 0 Å². The molecular formula is C15H23N3O5. The van der Waals surface area contributed by atoms with Crippen molar-refractivity contribution < 1.29 is 19.2 Å². The van der Waals surface area contributed by atoms with Gasteiger partial charge in [-0.15, -0.1) is 0 Å². The molecule has 0 heterocycles. The summed E-state index contributed by atoms with van der Waals surface area (Å²) in [5.41, 5.74) is -0.362. The molecule has 2 N–H and O–H groups in total. The van der Waals surface area contributed by atoms with Gasteiger partial charge < -0.3 is 20.1 Å². The Balaban J connectivity index is 2.95. The molecule has 0 aliphatic rings. The zero-order valence-corrected chi connectivity index (χ0v) is 13.7. The molecule has 0 saturated carbocycles. The normalized spacial score (nSPS) is 10.2. The number of methoxy groups -OCH3 is 1. The van der Waals surface area contributed by atoms with Crippen LogP contribution in [0.15, 0.2) is 12.1 Å². The lowest BCUT2D eigenvalue weighted by Crippen LogP contribution is -2.32. The van der Waals surface area contributed by atoms with Crippen molar-refractivity contribution >= 4 is 11.6 Å². The van der Waals surface area contributed by atoms with Crippen molar-refractivity contribution in [1.82, 2.24) is 10.6 Å². The minimum Gasteiger partial charge on any atom is -0.493 e. The van der Waals surface area contributed by atoms with E-state index in [1.807, 2.05) is 6.92 Å². The van der Waals surface area contributed by atoms with Crippen molar-refractivity contribution in [3.8, 4) is 11.5 Å². The lowest BCUT2D eigenvalue weighted by molar-refractivity contribution is -0.385. The number of benzene rings is 1. The van der Waals surface area contributed by atoms with Crippen molar-refractivity contribution in [3.63, 3.8) is 0 Å². The van der Waals surface area contributed by atoms with Crippen LogP contribution in [0, 0.1) is 10.1 Å². The van der Waals surface area contributed by atoms with Gasteiger partial charge in [0.25, 0.3) is 11.6 Å². The van der Waals surface area contributed by atoms with Crippen LogP contribution in [-0.4, -0.2) is 44.2 Å². The molecule has 0 atom stereocenters. The Morgan fingerprint density at radius 3 is 2.52 bits per heavy atom. The van der Waals surface area contributed by atoms with Gasteiger partial charge in [0.05, 0.1) is 24.7 Å². The van der Waals surface area contributed by atoms with Gasteiger partial charge in [-0.2, -0.15) is 0 Å². The summed E-state index contributed by atoms with van der Waals surface area (Å²) in [4.78, 5) is 22.8. The number of amides is 1. The third-order valence-corrected chi connectivity index (χ3v) is 3.04. The van der Waals surface area contributed by atoms with E-state index in [1.165, 1.54) is 19.2 Å². The number of hydrogen-bond acceptors (Lipinski definition) is 6. The van der Waals surface area contributed by atoms with E-state index in [2.05, 4.69) is 10.6 Å². The average molecular weight is 325 g/mol. The van der Waals surface area contributed by atoms with Gasteiger partial charge in [0.15, 0.2) is 11.5 Å². The van der Waals surface area contributed by atoms with Crippen LogP contribution < -0.4 is 20.1 Å². The lowest BCUT2D eigenvalue weighted by atomic mass is 10.1. The third-order valence-electron chi connectivity index (χ3n) is 3.04. The molecule has 8 nitrogen and oxygen atoms in total. The Bertz CT molecular complexity index is 548. The molecule has 0 unspecified atom stereocenters. The summed E-state index contributed by atoms with van der Waals surface area (Å²) in [7, 11) is 1.39. The van der Waals surface area contributed by atoms with Gasteiger partial charge in [0.1, 0.15) is 5.56 Å². The number of ether oxygens (including phenoxy) is 2. The van der Waals surface area contributed by atoms with E-state index in [9.17, 15) is 14.9 Å². The number of carbonyl (C=O) groups excluding carboxylic acids is 1. The van der Waals surface area contributed by atoms with E-state index in [0.717, 1.165) is 13.0 Å². The maximum atomic E-state index is 12.2. The molecule has 0 saturated heterocycles. The highest BCUT2D eigenvalue weighted by atomic mass is 16.6. The number of rotatable bonds is 10. The minimum absolute atomic E-state index is 0.0465. The Labute approximate surface area is 135 Å². The van der Waals surface area contributed by atoms with E-state index < -0.39 is 10.8 Å². The van der Waals surface area contributed by atoms with Crippen molar-refractivity contribution in [2.75, 3.05) is 33.4 Å². The van der Waals surface area contributed by atoms with Gasteiger partial charge in [-0.3, -0.25) is 14.9 Å². The number of nitro groups is 1. The molecule has 1 aromatic rings. The third kappa shape index (κ3) is 5.41. The molecule has 0 spiro atoms. The molecule has 0 radical (unpaired) electrons. The second kappa shape index (κ2) is 9.62. The maximum Gasteiger partial charge on any atom is 0.286 e. The molecule has 1 aromatic carbocycles. The first-order chi connectivity index (χ1) is 11.0. The number of nitro benzene ring substituents is 1. The molecule has 0 bridgehead atoms. The lowest BCUT2D eigenvalue weighted by Gasteiger charge is -2.12. The SMILES string of the molecule is CCCNCCNC(=O)c1cc(OCC)c(OC)cc1[N+](=O)[O-]. The first kappa shape index (κ1) is 18.7. The van der Waals surface area contributed by atoms with Crippen LogP contribution in [0.4, 0.5) is 5.69 Å². The predicted molar refractivity (Wildman–Crippen MR) is 86.3 cm³/mol. The standard InChI is InChI=1S/C15H23N3O5/c1-4-6-16-7-8-17-15(19)11-9-14(23-5-2)13(22-3)10-12(11)18(20)21/h9-10,16H,4-8H2,1-3H3,(H,17,19). The largest absolute Gasteiger partial charge is 0.493 e. The molecule has 23 heavy (non-hydrogen) atoms. The zero-order valence-electron chi connectivity index (χ0n) is 13.7. The van der Waals surface area contributed by atoms with Crippen LogP contribution in [0.1, 0.15) is 30.6 Å². The monoisotopic (exact) mass is 325 g/mol. The molecule has 1 amide bonds. The summed E-state index contributed by atoms with van der Waals surface area (Å²) in [6, 6.07) is 2.55. The topological polar surface area (TPSA) is 103 Å². The fourth-order valence-electron chi connectivity index (χ4n) is 1.97. The summed E-state index contributed by atoms with van der Waals surface area (Å²) in [5.74, 6) is 0.00757. The maximum absolute atomic E-state index is 12.2. The van der Waals surface area contributed by atoms with Crippen LogP contribution in [0.2, 0.25) is 0 Å². The fraction of sp³-hybridized carbons (Fsp3) is 0.533. The first-order valence-electron chi connectivity index (χ1n) is 7.53. The van der Waals surface area contributed by atoms with Gasteiger partial charge in [0, 0.05) is 19.2 Å². The second-order valence-electron chi connectivity index (χ2n) is 4.72. The summed E-state index contributed by atoms with van der Waals surface area (Å²) >= 11 is 0. The summed E-state index contributed by atoms with van der Waals surface area (Å²) in [6.07, 6.45) is 0.996. The minimum atomic E-state index is -0.609. The van der Waals surface area contributed by atoms with E-state index >= 15 is 0 Å². The Hall–Kier alpha value is -2.35. The van der Waals surface area contributed by atoms with Crippen LogP contribution in [-0.2, 0) is 0 Å². The van der Waals surface area contributed by atoms with Crippen molar-refractivity contribution in [2.45, 2.75) is 20.3 Å². The van der Waals surface area contributed by atoms with E-state index in [4.69, 9.17) is 9.47 Å². The highest BCUT2D eigenvalue weighted by Crippen LogP contribution is 2.34. The fourth-order valence-corrected chi connectivity index (χ4v) is 1.97. The van der Waals surface area contributed by atoms with Crippen molar-refractivity contribution in [3.05, 3.63) is 27.8 Å². The summed E-state index contributed by atoms with van der Waals surface area (Å²) < 4.78 is 10.4. The molecular weight excluding hydrogens is 302 g/mol. The van der Waals surface area contributed by atoms with E-state index in [0.29, 0.717) is 25.4 Å². The van der Waals surface area contributed by atoms with Gasteiger partial charge in [-0.25, -0.2) is 0 Å². The van der Waals surface area contributed by atoms with Gasteiger partial charge in [-0.05, 0) is 19.9 Å². The number of nitrogens with zero attached hydrogens (tertiary/aromatic N) is 1. The van der Waals surface area contributed by atoms with Crippen LogP contribution in [0.25, 0.3) is 0 Å². The highest BCUT2D eigenvalue weighted by molar-refractivity contribution is 5.99. The van der Waals surface area contributed by atoms with Gasteiger partial charge >= 0.3 is 0 Å². The molecule has 0 aromatic heterocycles. The van der Waals surface area contributed by atoms with Crippen LogP contribution in [0.3, 0.4) is 0 Å². The van der Waals surface area contributed by atoms with Gasteiger partial charge in [-0.1, -0.05) is 6.92 Å². The molecule has 0 aliphatic carbocycles. The highest BCUT2D eigenvalue weighted by Gasteiger charge is 2.24. The number of hydrogen-bond donors (Lipinski definition) is 2. The Kier molecular flexibility index (Phi) is 7.82. The Morgan fingerprint density at radius 2 is 1.96 bits per heavy atom. The number of nitrogens with one attached hydrogen (secondary N) is 2. The molecule has 128 valence electrons. The summed E-state index contributed by atoms with van der Waals surface area (Å²) in [5, 5.41) is 17.0. The quantitative estimate of drug-likeness (QED) is 0.386. The van der Waals surface area contributed by atoms with Crippen molar-refractivity contribution in [1.29, 1.82) is 0 Å². The molecule has 8 heteroatoms. The smallest absolute Gasteiger partial charge is 0.286 e. The van der Waals surface area contributed by atoms with Crippen LogP contribution in [0.5, 0.6) is 11.5 Å². The second-order valence-corrected chi connectivity index (χ2v) is 4.72. The van der Waals surface area contributed by atoms with Crippen LogP contribution >= 0.6 is 0 Å². The van der Waals surface area contributed by atoms with E-state index in [1.54, 1.807) is 6.92 Å². The number of carbonyl (C=O) groups is 1. The van der Waals surface area contributed by atoms with E-state index in [-0.39, 0.29) is 17.0 Å².